The molecule has 2 fully saturated rings. The monoisotopic (exact) mass is 225 g/mol. The van der Waals surface area contributed by atoms with Gasteiger partial charge in [-0.2, -0.15) is 0 Å². The summed E-state index contributed by atoms with van der Waals surface area (Å²) in [5, 5.41) is 0. The number of hydrogen-bond acceptors (Lipinski definition) is 2. The quantitative estimate of drug-likeness (QED) is 0.722. The Hall–Kier alpha value is -0.570. The topological polar surface area (TPSA) is 29.5 Å². The molecule has 2 aliphatic heterocycles. The van der Waals surface area contributed by atoms with E-state index in [0.29, 0.717) is 24.4 Å². The molecule has 0 radical (unpaired) electrons. The van der Waals surface area contributed by atoms with Crippen molar-refractivity contribution in [1.29, 1.82) is 0 Å². The third kappa shape index (κ3) is 2.57. The van der Waals surface area contributed by atoms with Gasteiger partial charge in [0.2, 0.25) is 5.91 Å². The first-order valence-corrected chi connectivity index (χ1v) is 6.61. The van der Waals surface area contributed by atoms with Gasteiger partial charge in [-0.25, -0.2) is 0 Å². The number of rotatable bonds is 2. The molecule has 0 aromatic rings. The number of hydrogen-bond donors (Lipinski definition) is 0. The SMILES string of the molecule is CC1CCCC(C)N1C(=O)CC1CCCO1. The number of ether oxygens (including phenoxy) is 1. The van der Waals surface area contributed by atoms with Crippen LogP contribution in [0.1, 0.15) is 52.4 Å². The van der Waals surface area contributed by atoms with E-state index in [4.69, 9.17) is 4.74 Å². The summed E-state index contributed by atoms with van der Waals surface area (Å²) in [5.41, 5.74) is 0. The van der Waals surface area contributed by atoms with Crippen molar-refractivity contribution in [3.05, 3.63) is 0 Å². The van der Waals surface area contributed by atoms with Crippen LogP contribution in [0.3, 0.4) is 0 Å². The summed E-state index contributed by atoms with van der Waals surface area (Å²) >= 11 is 0. The molecule has 1 amide bonds. The molecule has 0 aromatic carbocycles. The van der Waals surface area contributed by atoms with Gasteiger partial charge in [-0.05, 0) is 46.0 Å². The van der Waals surface area contributed by atoms with E-state index in [0.717, 1.165) is 32.3 Å². The van der Waals surface area contributed by atoms with Gasteiger partial charge in [0.25, 0.3) is 0 Å². The Balaban J connectivity index is 1.90. The highest BCUT2D eigenvalue weighted by Gasteiger charge is 2.31. The van der Waals surface area contributed by atoms with E-state index in [1.807, 2.05) is 0 Å². The Morgan fingerprint density at radius 1 is 1.19 bits per heavy atom. The Labute approximate surface area is 98.1 Å². The van der Waals surface area contributed by atoms with E-state index in [1.54, 1.807) is 0 Å². The van der Waals surface area contributed by atoms with E-state index in [-0.39, 0.29) is 6.10 Å². The summed E-state index contributed by atoms with van der Waals surface area (Å²) in [4.78, 5) is 14.3. The van der Waals surface area contributed by atoms with Gasteiger partial charge in [-0.1, -0.05) is 0 Å². The van der Waals surface area contributed by atoms with Gasteiger partial charge < -0.3 is 9.64 Å². The van der Waals surface area contributed by atoms with E-state index in [2.05, 4.69) is 18.7 Å². The molecule has 0 spiro atoms. The van der Waals surface area contributed by atoms with Gasteiger partial charge in [-0.15, -0.1) is 0 Å². The van der Waals surface area contributed by atoms with Gasteiger partial charge in [0.05, 0.1) is 12.5 Å². The molecule has 0 N–H and O–H groups in total. The smallest absolute Gasteiger partial charge is 0.225 e. The largest absolute Gasteiger partial charge is 0.378 e. The predicted octanol–water partition coefficient (Wildman–Crippen LogP) is 2.35. The van der Waals surface area contributed by atoms with Crippen molar-refractivity contribution in [3.8, 4) is 0 Å². The maximum absolute atomic E-state index is 12.2. The number of amides is 1. The second kappa shape index (κ2) is 5.17. The zero-order valence-electron chi connectivity index (χ0n) is 10.4. The molecular weight excluding hydrogens is 202 g/mol. The summed E-state index contributed by atoms with van der Waals surface area (Å²) < 4.78 is 5.54. The molecule has 2 aliphatic rings. The van der Waals surface area contributed by atoms with E-state index in [1.165, 1.54) is 6.42 Å². The molecule has 16 heavy (non-hydrogen) atoms. The van der Waals surface area contributed by atoms with Gasteiger partial charge >= 0.3 is 0 Å². The van der Waals surface area contributed by atoms with Crippen LogP contribution in [-0.2, 0) is 9.53 Å². The molecule has 2 heterocycles. The van der Waals surface area contributed by atoms with Crippen molar-refractivity contribution in [2.45, 2.75) is 70.6 Å². The first kappa shape index (κ1) is 11.9. The zero-order valence-corrected chi connectivity index (χ0v) is 10.4. The van der Waals surface area contributed by atoms with Crippen LogP contribution in [0.25, 0.3) is 0 Å². The normalized spacial score (nSPS) is 35.4. The van der Waals surface area contributed by atoms with Crippen molar-refractivity contribution in [2.75, 3.05) is 6.61 Å². The van der Waals surface area contributed by atoms with Crippen LogP contribution in [0.4, 0.5) is 0 Å². The highest BCUT2D eigenvalue weighted by atomic mass is 16.5. The minimum atomic E-state index is 0.189. The fourth-order valence-corrected chi connectivity index (χ4v) is 3.02. The summed E-state index contributed by atoms with van der Waals surface area (Å²) in [7, 11) is 0. The van der Waals surface area contributed by atoms with Gasteiger partial charge in [-0.3, -0.25) is 4.79 Å². The highest BCUT2D eigenvalue weighted by molar-refractivity contribution is 5.77. The molecule has 92 valence electrons. The molecule has 3 unspecified atom stereocenters. The maximum atomic E-state index is 12.2. The van der Waals surface area contributed by atoms with Crippen LogP contribution in [0.15, 0.2) is 0 Å². The van der Waals surface area contributed by atoms with Crippen LogP contribution in [0, 0.1) is 0 Å². The minimum Gasteiger partial charge on any atom is -0.378 e. The summed E-state index contributed by atoms with van der Waals surface area (Å²) in [6, 6.07) is 0.829. The van der Waals surface area contributed by atoms with Crippen LogP contribution in [-0.4, -0.2) is 35.6 Å². The summed E-state index contributed by atoms with van der Waals surface area (Å²) in [6.45, 7) is 5.18. The van der Waals surface area contributed by atoms with Gasteiger partial charge in [0.15, 0.2) is 0 Å². The third-order valence-electron chi connectivity index (χ3n) is 3.91. The lowest BCUT2D eigenvalue weighted by Crippen LogP contribution is -2.48. The van der Waals surface area contributed by atoms with Crippen LogP contribution in [0.5, 0.6) is 0 Å². The van der Waals surface area contributed by atoms with Crippen molar-refractivity contribution in [2.24, 2.45) is 0 Å². The minimum absolute atomic E-state index is 0.189. The van der Waals surface area contributed by atoms with E-state index >= 15 is 0 Å². The number of nitrogens with zero attached hydrogens (tertiary/aromatic N) is 1. The van der Waals surface area contributed by atoms with Crippen molar-refractivity contribution < 1.29 is 9.53 Å². The first-order chi connectivity index (χ1) is 7.68. The maximum Gasteiger partial charge on any atom is 0.225 e. The Morgan fingerprint density at radius 2 is 1.88 bits per heavy atom. The number of carbonyl (C=O) groups is 1. The number of carbonyl (C=O) groups excluding carboxylic acids is 1. The molecule has 2 rings (SSSR count). The Kier molecular flexibility index (Phi) is 3.85. The third-order valence-corrected chi connectivity index (χ3v) is 3.91. The van der Waals surface area contributed by atoms with Crippen molar-refractivity contribution >= 4 is 5.91 Å². The summed E-state index contributed by atoms with van der Waals surface area (Å²) in [5.74, 6) is 0.298. The zero-order chi connectivity index (χ0) is 11.5. The highest BCUT2D eigenvalue weighted by Crippen LogP contribution is 2.25. The average Bonchev–Trinajstić information content (AvgIpc) is 2.70. The van der Waals surface area contributed by atoms with Gasteiger partial charge in [0, 0.05) is 18.7 Å². The second-order valence-corrected chi connectivity index (χ2v) is 5.27. The molecule has 3 nitrogen and oxygen atoms in total. The first-order valence-electron chi connectivity index (χ1n) is 6.61. The lowest BCUT2D eigenvalue weighted by molar-refractivity contribution is -0.139. The Morgan fingerprint density at radius 3 is 2.44 bits per heavy atom. The lowest BCUT2D eigenvalue weighted by Gasteiger charge is -2.39. The standard InChI is InChI=1S/C13H23NO2/c1-10-5-3-6-11(2)14(10)13(15)9-12-7-4-8-16-12/h10-12H,3-9H2,1-2H3. The van der Waals surface area contributed by atoms with Gasteiger partial charge in [0.1, 0.15) is 0 Å². The second-order valence-electron chi connectivity index (χ2n) is 5.27. The molecule has 0 saturated carbocycles. The van der Waals surface area contributed by atoms with Crippen LogP contribution in [0.2, 0.25) is 0 Å². The predicted molar refractivity (Wildman–Crippen MR) is 63.2 cm³/mol. The number of likely N-dealkylation sites (tertiary alicyclic amines) is 1. The fourth-order valence-electron chi connectivity index (χ4n) is 3.02. The molecular formula is C13H23NO2. The molecule has 0 bridgehead atoms. The molecule has 3 heteroatoms. The summed E-state index contributed by atoms with van der Waals surface area (Å²) in [6.07, 6.45) is 6.52. The van der Waals surface area contributed by atoms with Crippen LogP contribution >= 0.6 is 0 Å². The average molecular weight is 225 g/mol. The van der Waals surface area contributed by atoms with E-state index in [9.17, 15) is 4.79 Å². The fraction of sp³-hybridized carbons (Fsp3) is 0.923. The lowest BCUT2D eigenvalue weighted by atomic mass is 9.96. The van der Waals surface area contributed by atoms with Crippen molar-refractivity contribution in [1.82, 2.24) is 4.90 Å². The molecule has 2 saturated heterocycles. The van der Waals surface area contributed by atoms with E-state index < -0.39 is 0 Å². The molecule has 3 atom stereocenters. The van der Waals surface area contributed by atoms with Crippen LogP contribution < -0.4 is 0 Å². The number of piperidine rings is 1. The van der Waals surface area contributed by atoms with Crippen molar-refractivity contribution in [3.63, 3.8) is 0 Å². The molecule has 0 aliphatic carbocycles. The Bertz CT molecular complexity index is 238. The molecule has 0 aromatic heterocycles.